The average molecular weight is 257 g/mol. The maximum atomic E-state index is 8.92. The Hall–Kier alpha value is -1.28. The maximum Gasteiger partial charge on any atom is 0.183 e. The van der Waals surface area contributed by atoms with Crippen molar-refractivity contribution in [3.05, 3.63) is 17.8 Å². The molecule has 2 aromatic heterocycles. The highest BCUT2D eigenvalue weighted by atomic mass is 35.5. The van der Waals surface area contributed by atoms with E-state index >= 15 is 0 Å². The number of aromatic nitrogens is 4. The predicted octanol–water partition coefficient (Wildman–Crippen LogP) is 0.343. The van der Waals surface area contributed by atoms with E-state index in [1.807, 2.05) is 0 Å². The normalized spacial score (nSPS) is 24.6. The van der Waals surface area contributed by atoms with Crippen LogP contribution in [0, 0.1) is 0 Å². The van der Waals surface area contributed by atoms with Crippen LogP contribution in [0.2, 0.25) is 5.15 Å². The van der Waals surface area contributed by atoms with Gasteiger partial charge in [-0.05, 0) is 0 Å². The molecule has 17 heavy (non-hydrogen) atoms. The molecule has 0 aliphatic carbocycles. The number of fused-ring (bicyclic) bond motifs is 1. The number of ether oxygens (including phenoxy) is 2. The molecule has 1 aliphatic heterocycles. The fraction of sp³-hybridized carbons (Fsp3) is 0.444. The summed E-state index contributed by atoms with van der Waals surface area (Å²) >= 11 is 5.89. The lowest BCUT2D eigenvalue weighted by Crippen LogP contribution is -2.15. The summed E-state index contributed by atoms with van der Waals surface area (Å²) in [6.07, 6.45) is 1.97. The molecule has 1 aliphatic rings. The summed E-state index contributed by atoms with van der Waals surface area (Å²) in [5, 5.41) is 9.21. The minimum absolute atomic E-state index is 0.182. The largest absolute Gasteiger partial charge is 0.391 e. The van der Waals surface area contributed by atoms with Gasteiger partial charge in [0.1, 0.15) is 11.8 Å². The molecule has 0 spiro atoms. The molecule has 1 fully saturated rings. The fourth-order valence-electron chi connectivity index (χ4n) is 1.72. The van der Waals surface area contributed by atoms with E-state index in [2.05, 4.69) is 15.0 Å². The van der Waals surface area contributed by atoms with E-state index in [4.69, 9.17) is 26.2 Å². The Labute approximate surface area is 101 Å². The summed E-state index contributed by atoms with van der Waals surface area (Å²) < 4.78 is 12.4. The van der Waals surface area contributed by atoms with Crippen LogP contribution >= 0.6 is 11.6 Å². The van der Waals surface area contributed by atoms with Crippen molar-refractivity contribution in [2.24, 2.45) is 0 Å². The molecular formula is C9H9ClN4O3. The van der Waals surface area contributed by atoms with Crippen LogP contribution in [-0.4, -0.2) is 44.1 Å². The lowest BCUT2D eigenvalue weighted by molar-refractivity contribution is -0.0980. The first-order valence-electron chi connectivity index (χ1n) is 5.00. The second-order valence-corrected chi connectivity index (χ2v) is 3.88. The third-order valence-electron chi connectivity index (χ3n) is 2.51. The number of aliphatic hydroxyl groups is 1. The van der Waals surface area contributed by atoms with Crippen molar-refractivity contribution in [3.63, 3.8) is 0 Å². The Balaban J connectivity index is 1.99. The van der Waals surface area contributed by atoms with Crippen molar-refractivity contribution >= 4 is 22.8 Å². The lowest BCUT2D eigenvalue weighted by atomic mass is 10.5. The lowest BCUT2D eigenvalue weighted by Gasteiger charge is -2.10. The van der Waals surface area contributed by atoms with Gasteiger partial charge in [-0.15, -0.1) is 0 Å². The van der Waals surface area contributed by atoms with Gasteiger partial charge in [0.2, 0.25) is 0 Å². The van der Waals surface area contributed by atoms with E-state index < -0.39 is 6.29 Å². The van der Waals surface area contributed by atoms with Crippen LogP contribution in [0.5, 0.6) is 0 Å². The predicted molar refractivity (Wildman–Crippen MR) is 57.3 cm³/mol. The minimum atomic E-state index is -0.602. The maximum absolute atomic E-state index is 8.92. The van der Waals surface area contributed by atoms with Gasteiger partial charge in [0.05, 0.1) is 19.5 Å². The van der Waals surface area contributed by atoms with E-state index in [1.165, 1.54) is 6.33 Å². The Morgan fingerprint density at radius 2 is 2.35 bits per heavy atom. The van der Waals surface area contributed by atoms with Crippen molar-refractivity contribution in [1.82, 2.24) is 19.5 Å². The molecule has 3 rings (SSSR count). The molecule has 90 valence electrons. The van der Waals surface area contributed by atoms with Crippen molar-refractivity contribution in [2.75, 3.05) is 13.2 Å². The minimum Gasteiger partial charge on any atom is -0.391 e. The van der Waals surface area contributed by atoms with Gasteiger partial charge in [-0.25, -0.2) is 15.0 Å². The van der Waals surface area contributed by atoms with Crippen LogP contribution in [0.4, 0.5) is 0 Å². The molecule has 1 N–H and O–H groups in total. The van der Waals surface area contributed by atoms with Gasteiger partial charge in [-0.3, -0.25) is 4.57 Å². The second-order valence-electron chi connectivity index (χ2n) is 3.52. The third-order valence-corrected chi connectivity index (χ3v) is 2.78. The summed E-state index contributed by atoms with van der Waals surface area (Å²) in [6, 6.07) is 0. The first-order chi connectivity index (χ1) is 8.29. The summed E-state index contributed by atoms with van der Waals surface area (Å²) in [4.78, 5) is 12.1. The standard InChI is InChI=1S/C9H9ClN4O3/c10-8-7-9(12-3-11-8)14(4-13-7)5-2-16-6(1-15)17-5/h3-6,15H,1-2H2/t5-,6+/m0/s1. The van der Waals surface area contributed by atoms with Gasteiger partial charge >= 0.3 is 0 Å². The van der Waals surface area contributed by atoms with Gasteiger partial charge in [0.25, 0.3) is 0 Å². The van der Waals surface area contributed by atoms with Gasteiger partial charge in [0, 0.05) is 0 Å². The highest BCUT2D eigenvalue weighted by molar-refractivity contribution is 6.33. The zero-order valence-corrected chi connectivity index (χ0v) is 9.41. The van der Waals surface area contributed by atoms with Gasteiger partial charge < -0.3 is 14.6 Å². The monoisotopic (exact) mass is 256 g/mol. The molecule has 7 nitrogen and oxygen atoms in total. The SMILES string of the molecule is OC[C@@H]1OC[C@@H](n2cnc3c(Cl)ncnc32)O1. The smallest absolute Gasteiger partial charge is 0.183 e. The summed E-state index contributed by atoms with van der Waals surface area (Å²) in [6.45, 7) is 0.150. The van der Waals surface area contributed by atoms with Crippen molar-refractivity contribution in [2.45, 2.75) is 12.5 Å². The second kappa shape index (κ2) is 4.19. The van der Waals surface area contributed by atoms with E-state index in [-0.39, 0.29) is 12.8 Å². The molecule has 1 saturated heterocycles. The molecule has 0 unspecified atom stereocenters. The Morgan fingerprint density at radius 3 is 3.12 bits per heavy atom. The van der Waals surface area contributed by atoms with Crippen LogP contribution in [0.1, 0.15) is 6.23 Å². The molecule has 8 heteroatoms. The third kappa shape index (κ3) is 1.77. The molecule has 2 aromatic rings. The van der Waals surface area contributed by atoms with Gasteiger partial charge in [-0.1, -0.05) is 11.6 Å². The first kappa shape index (κ1) is 10.8. The summed E-state index contributed by atoms with van der Waals surface area (Å²) in [5.74, 6) is 0. The first-order valence-corrected chi connectivity index (χ1v) is 5.38. The van der Waals surface area contributed by atoms with Crippen molar-refractivity contribution in [1.29, 1.82) is 0 Å². The van der Waals surface area contributed by atoms with Gasteiger partial charge in [0.15, 0.2) is 23.3 Å². The molecular weight excluding hydrogens is 248 g/mol. The molecule has 0 saturated carbocycles. The number of aliphatic hydroxyl groups excluding tert-OH is 1. The summed E-state index contributed by atoms with van der Waals surface area (Å²) in [5.41, 5.74) is 1.10. The Kier molecular flexibility index (Phi) is 2.67. The zero-order valence-electron chi connectivity index (χ0n) is 8.65. The molecule has 2 atom stereocenters. The number of nitrogens with zero attached hydrogens (tertiary/aromatic N) is 4. The van der Waals surface area contributed by atoms with Crippen LogP contribution < -0.4 is 0 Å². The Morgan fingerprint density at radius 1 is 1.47 bits per heavy atom. The van der Waals surface area contributed by atoms with Crippen molar-refractivity contribution in [3.8, 4) is 0 Å². The van der Waals surface area contributed by atoms with Crippen LogP contribution in [0.25, 0.3) is 11.2 Å². The van der Waals surface area contributed by atoms with Crippen molar-refractivity contribution < 1.29 is 14.6 Å². The van der Waals surface area contributed by atoms with Crippen LogP contribution in [0.3, 0.4) is 0 Å². The van der Waals surface area contributed by atoms with Crippen LogP contribution in [0.15, 0.2) is 12.7 Å². The van der Waals surface area contributed by atoms with E-state index in [0.29, 0.717) is 22.9 Å². The quantitative estimate of drug-likeness (QED) is 0.781. The number of halogens is 1. The van der Waals surface area contributed by atoms with E-state index in [0.717, 1.165) is 0 Å². The van der Waals surface area contributed by atoms with Gasteiger partial charge in [-0.2, -0.15) is 0 Å². The number of rotatable bonds is 2. The highest BCUT2D eigenvalue weighted by Gasteiger charge is 2.28. The summed E-state index contributed by atoms with van der Waals surface area (Å²) in [7, 11) is 0. The fourth-order valence-corrected chi connectivity index (χ4v) is 1.90. The van der Waals surface area contributed by atoms with E-state index in [1.54, 1.807) is 10.9 Å². The molecule has 0 aromatic carbocycles. The zero-order chi connectivity index (χ0) is 11.8. The van der Waals surface area contributed by atoms with Crippen LogP contribution in [-0.2, 0) is 9.47 Å². The number of hydrogen-bond donors (Lipinski definition) is 1. The Bertz CT molecular complexity index is 546. The number of imidazole rings is 1. The van der Waals surface area contributed by atoms with E-state index in [9.17, 15) is 0 Å². The highest BCUT2D eigenvalue weighted by Crippen LogP contribution is 2.25. The molecule has 0 radical (unpaired) electrons. The molecule has 3 heterocycles. The number of hydrogen-bond acceptors (Lipinski definition) is 6. The molecule has 0 amide bonds. The molecule has 0 bridgehead atoms. The topological polar surface area (TPSA) is 82.3 Å². The average Bonchev–Trinajstić information content (AvgIpc) is 2.94.